The van der Waals surface area contributed by atoms with Crippen molar-refractivity contribution >= 4 is 42.6 Å². The molecule has 0 aromatic heterocycles. The average Bonchev–Trinajstić information content (AvgIpc) is 2.22. The molecule has 0 aliphatic carbocycles. The molecular weight excluding hydrogens is 320 g/mol. The van der Waals surface area contributed by atoms with Crippen LogP contribution in [0, 0.1) is 0 Å². The van der Waals surface area contributed by atoms with E-state index < -0.39 is 0 Å². The van der Waals surface area contributed by atoms with Crippen molar-refractivity contribution in [1.82, 2.24) is 0 Å². The van der Waals surface area contributed by atoms with Crippen LogP contribution in [0.5, 0.6) is 5.75 Å². The lowest BCUT2D eigenvalue weighted by atomic mass is 10.1. The van der Waals surface area contributed by atoms with Crippen LogP contribution in [-0.4, -0.2) is 6.61 Å². The summed E-state index contributed by atoms with van der Waals surface area (Å²) in [6.07, 6.45) is 0. The summed E-state index contributed by atoms with van der Waals surface area (Å²) in [5.41, 5.74) is 0. The first-order valence-corrected chi connectivity index (χ1v) is 6.31. The topological polar surface area (TPSA) is 9.23 Å². The molecular formula is C12H10Br2O. The molecule has 0 saturated carbocycles. The Kier molecular flexibility index (Phi) is 3.32. The van der Waals surface area contributed by atoms with Crippen LogP contribution in [0.1, 0.15) is 6.92 Å². The van der Waals surface area contributed by atoms with Crippen LogP contribution in [0.3, 0.4) is 0 Å². The van der Waals surface area contributed by atoms with Crippen molar-refractivity contribution in [2.24, 2.45) is 0 Å². The minimum absolute atomic E-state index is 0.681. The highest BCUT2D eigenvalue weighted by atomic mass is 79.9. The fourth-order valence-corrected chi connectivity index (χ4v) is 2.50. The average molecular weight is 330 g/mol. The fourth-order valence-electron chi connectivity index (χ4n) is 1.51. The largest absolute Gasteiger partial charge is 0.493 e. The lowest BCUT2D eigenvalue weighted by molar-refractivity contribution is 0.338. The molecule has 2 aromatic rings. The number of hydrogen-bond donors (Lipinski definition) is 0. The summed E-state index contributed by atoms with van der Waals surface area (Å²) in [5.74, 6) is 0.896. The third-order valence-corrected chi connectivity index (χ3v) is 3.49. The van der Waals surface area contributed by atoms with E-state index in [0.717, 1.165) is 14.7 Å². The Bertz CT molecular complexity index is 494. The van der Waals surface area contributed by atoms with Crippen LogP contribution in [0.25, 0.3) is 10.8 Å². The molecule has 0 amide bonds. The molecule has 78 valence electrons. The molecule has 0 aliphatic rings. The number of hydrogen-bond acceptors (Lipinski definition) is 1. The second kappa shape index (κ2) is 4.54. The van der Waals surface area contributed by atoms with Crippen molar-refractivity contribution in [3.05, 3.63) is 39.3 Å². The predicted octanol–water partition coefficient (Wildman–Crippen LogP) is 4.76. The summed E-state index contributed by atoms with van der Waals surface area (Å²) in [4.78, 5) is 0. The van der Waals surface area contributed by atoms with Crippen LogP contribution in [-0.2, 0) is 0 Å². The van der Waals surface area contributed by atoms with Gasteiger partial charge in [0.1, 0.15) is 5.75 Å². The van der Waals surface area contributed by atoms with Gasteiger partial charge in [0.2, 0.25) is 0 Å². The Hall–Kier alpha value is -0.540. The number of benzene rings is 2. The number of halogens is 2. The van der Waals surface area contributed by atoms with Crippen LogP contribution in [0.15, 0.2) is 39.3 Å². The van der Waals surface area contributed by atoms with E-state index in [1.165, 1.54) is 10.8 Å². The zero-order chi connectivity index (χ0) is 10.8. The maximum absolute atomic E-state index is 5.52. The fraction of sp³-hybridized carbons (Fsp3) is 0.167. The van der Waals surface area contributed by atoms with Gasteiger partial charge in [0.25, 0.3) is 0 Å². The van der Waals surface area contributed by atoms with Gasteiger partial charge in [-0.15, -0.1) is 0 Å². The van der Waals surface area contributed by atoms with Crippen LogP contribution < -0.4 is 4.74 Å². The molecule has 0 N–H and O–H groups in total. The maximum Gasteiger partial charge on any atom is 0.134 e. The first-order chi connectivity index (χ1) is 7.22. The van der Waals surface area contributed by atoms with E-state index in [1.807, 2.05) is 19.1 Å². The third kappa shape index (κ3) is 2.18. The Labute approximate surface area is 106 Å². The smallest absolute Gasteiger partial charge is 0.134 e. The van der Waals surface area contributed by atoms with Crippen molar-refractivity contribution < 1.29 is 4.74 Å². The van der Waals surface area contributed by atoms with Gasteiger partial charge in [-0.05, 0) is 51.8 Å². The van der Waals surface area contributed by atoms with Crippen LogP contribution >= 0.6 is 31.9 Å². The lowest BCUT2D eigenvalue weighted by Gasteiger charge is -2.08. The van der Waals surface area contributed by atoms with Gasteiger partial charge in [-0.2, -0.15) is 0 Å². The predicted molar refractivity (Wildman–Crippen MR) is 70.5 cm³/mol. The van der Waals surface area contributed by atoms with Crippen molar-refractivity contribution in [2.75, 3.05) is 6.61 Å². The van der Waals surface area contributed by atoms with Crippen LogP contribution in [0.2, 0.25) is 0 Å². The summed E-state index contributed by atoms with van der Waals surface area (Å²) in [6.45, 7) is 2.67. The van der Waals surface area contributed by atoms with Crippen molar-refractivity contribution in [3.8, 4) is 5.75 Å². The molecule has 0 radical (unpaired) electrons. The molecule has 1 nitrogen and oxygen atoms in total. The highest BCUT2D eigenvalue weighted by Crippen LogP contribution is 2.34. The Balaban J connectivity index is 2.63. The van der Waals surface area contributed by atoms with Gasteiger partial charge in [0.15, 0.2) is 0 Å². The van der Waals surface area contributed by atoms with Gasteiger partial charge in [-0.25, -0.2) is 0 Å². The van der Waals surface area contributed by atoms with E-state index in [9.17, 15) is 0 Å². The van der Waals surface area contributed by atoms with E-state index in [-0.39, 0.29) is 0 Å². The molecule has 0 aliphatic heterocycles. The van der Waals surface area contributed by atoms with E-state index >= 15 is 0 Å². The van der Waals surface area contributed by atoms with Gasteiger partial charge < -0.3 is 4.74 Å². The molecule has 0 atom stereocenters. The molecule has 2 aromatic carbocycles. The summed E-state index contributed by atoms with van der Waals surface area (Å²) in [5, 5.41) is 2.36. The second-order valence-electron chi connectivity index (χ2n) is 3.18. The first-order valence-electron chi connectivity index (χ1n) is 4.73. The van der Waals surface area contributed by atoms with Gasteiger partial charge in [-0.3, -0.25) is 0 Å². The van der Waals surface area contributed by atoms with Crippen molar-refractivity contribution in [3.63, 3.8) is 0 Å². The molecule has 0 saturated heterocycles. The van der Waals surface area contributed by atoms with Crippen LogP contribution in [0.4, 0.5) is 0 Å². The third-order valence-electron chi connectivity index (χ3n) is 2.18. The highest BCUT2D eigenvalue weighted by Gasteiger charge is 2.05. The van der Waals surface area contributed by atoms with Crippen molar-refractivity contribution in [2.45, 2.75) is 6.92 Å². The van der Waals surface area contributed by atoms with E-state index in [4.69, 9.17) is 4.74 Å². The van der Waals surface area contributed by atoms with E-state index in [2.05, 4.69) is 50.1 Å². The summed E-state index contributed by atoms with van der Waals surface area (Å²) < 4.78 is 7.63. The van der Waals surface area contributed by atoms with Gasteiger partial charge in [0.05, 0.1) is 11.1 Å². The minimum Gasteiger partial charge on any atom is -0.493 e. The molecule has 0 fully saturated rings. The number of fused-ring (bicyclic) bond motifs is 1. The maximum atomic E-state index is 5.52. The zero-order valence-corrected chi connectivity index (χ0v) is 11.4. The lowest BCUT2D eigenvalue weighted by Crippen LogP contribution is -1.92. The van der Waals surface area contributed by atoms with Gasteiger partial charge in [0, 0.05) is 4.47 Å². The normalized spacial score (nSPS) is 10.6. The number of rotatable bonds is 2. The second-order valence-corrected chi connectivity index (χ2v) is 4.88. The van der Waals surface area contributed by atoms with E-state index in [1.54, 1.807) is 0 Å². The molecule has 3 heteroatoms. The SMILES string of the molecule is CCOc1ccc2cc(Br)ccc2c1Br. The molecule has 2 rings (SSSR count). The molecule has 15 heavy (non-hydrogen) atoms. The van der Waals surface area contributed by atoms with Gasteiger partial charge in [-0.1, -0.05) is 28.1 Å². The summed E-state index contributed by atoms with van der Waals surface area (Å²) >= 11 is 7.03. The van der Waals surface area contributed by atoms with E-state index in [0.29, 0.717) is 6.61 Å². The quantitative estimate of drug-likeness (QED) is 0.771. The molecule has 0 unspecified atom stereocenters. The summed E-state index contributed by atoms with van der Waals surface area (Å²) in [7, 11) is 0. The summed E-state index contributed by atoms with van der Waals surface area (Å²) in [6, 6.07) is 10.3. The zero-order valence-electron chi connectivity index (χ0n) is 8.26. The molecule has 0 heterocycles. The molecule has 0 bridgehead atoms. The monoisotopic (exact) mass is 328 g/mol. The minimum atomic E-state index is 0.681. The number of ether oxygens (including phenoxy) is 1. The first kappa shape index (κ1) is 11.0. The Morgan fingerprint density at radius 2 is 1.93 bits per heavy atom. The Morgan fingerprint density at radius 1 is 1.13 bits per heavy atom. The van der Waals surface area contributed by atoms with Gasteiger partial charge >= 0.3 is 0 Å². The highest BCUT2D eigenvalue weighted by molar-refractivity contribution is 9.11. The Morgan fingerprint density at radius 3 is 2.67 bits per heavy atom. The van der Waals surface area contributed by atoms with Crippen molar-refractivity contribution in [1.29, 1.82) is 0 Å². The molecule has 0 spiro atoms. The standard InChI is InChI=1S/C12H10Br2O/c1-2-15-11-6-3-8-7-9(13)4-5-10(8)12(11)14/h3-7H,2H2,1H3.